The Hall–Kier alpha value is -3.47. The molecule has 4 rings (SSSR count). The monoisotopic (exact) mass is 391 g/mol. The second-order valence-corrected chi connectivity index (χ2v) is 6.64. The van der Waals surface area contributed by atoms with Crippen molar-refractivity contribution >= 4 is 17.5 Å². The van der Waals surface area contributed by atoms with Crippen molar-refractivity contribution < 1.29 is 18.3 Å². The van der Waals surface area contributed by atoms with E-state index in [2.05, 4.69) is 11.1 Å². The molecule has 146 valence electrons. The number of hydrogen-bond donors (Lipinski definition) is 0. The number of aliphatic imine (C=N–C) groups is 1. The van der Waals surface area contributed by atoms with Gasteiger partial charge < -0.3 is 9.47 Å². The maximum Gasteiger partial charge on any atom is 0.168 e. The van der Waals surface area contributed by atoms with Gasteiger partial charge in [-0.25, -0.2) is 8.78 Å². The zero-order valence-corrected chi connectivity index (χ0v) is 15.9. The fraction of sp³-hybridized carbons (Fsp3) is 0.125. The van der Waals surface area contributed by atoms with Crippen molar-refractivity contribution in [2.75, 3.05) is 7.11 Å². The average molecular weight is 391 g/mol. The van der Waals surface area contributed by atoms with E-state index >= 15 is 0 Å². The number of allylic oxidation sites excluding steroid dienone is 1. The third kappa shape index (κ3) is 4.19. The highest BCUT2D eigenvalue weighted by Gasteiger charge is 2.14. The zero-order chi connectivity index (χ0) is 20.2. The SMILES string of the molecule is COc1cccc(/C=C/C2=Nc3ccccc3C2)c1OCc1ccc(F)cc1F. The van der Waals surface area contributed by atoms with Crippen LogP contribution in [0.4, 0.5) is 14.5 Å². The van der Waals surface area contributed by atoms with E-state index < -0.39 is 11.6 Å². The van der Waals surface area contributed by atoms with E-state index in [-0.39, 0.29) is 12.2 Å². The third-order valence-corrected chi connectivity index (χ3v) is 4.70. The maximum absolute atomic E-state index is 13.9. The third-order valence-electron chi connectivity index (χ3n) is 4.70. The molecule has 0 fully saturated rings. The second-order valence-electron chi connectivity index (χ2n) is 6.64. The van der Waals surface area contributed by atoms with E-state index in [0.717, 1.165) is 29.4 Å². The lowest BCUT2D eigenvalue weighted by atomic mass is 10.1. The van der Waals surface area contributed by atoms with Crippen LogP contribution in [-0.4, -0.2) is 12.8 Å². The molecule has 29 heavy (non-hydrogen) atoms. The van der Waals surface area contributed by atoms with Crippen LogP contribution in [0.2, 0.25) is 0 Å². The highest BCUT2D eigenvalue weighted by atomic mass is 19.1. The summed E-state index contributed by atoms with van der Waals surface area (Å²) in [5.74, 6) is -0.238. The summed E-state index contributed by atoms with van der Waals surface area (Å²) >= 11 is 0. The number of ether oxygens (including phenoxy) is 2. The standard InChI is InChI=1S/C24H19F2NO2/c1-28-23-8-4-6-16(10-12-20-13-17-5-2-3-7-22(17)27-20)24(23)29-15-18-9-11-19(25)14-21(18)26/h2-12,14H,13,15H2,1H3/b12-10+. The minimum atomic E-state index is -0.643. The molecular weight excluding hydrogens is 372 g/mol. The van der Waals surface area contributed by atoms with Gasteiger partial charge in [0, 0.05) is 29.3 Å². The number of hydrogen-bond acceptors (Lipinski definition) is 3. The van der Waals surface area contributed by atoms with Crippen LogP contribution < -0.4 is 9.47 Å². The first-order valence-electron chi connectivity index (χ1n) is 9.21. The molecule has 0 unspecified atom stereocenters. The Morgan fingerprint density at radius 2 is 1.86 bits per heavy atom. The molecule has 0 N–H and O–H groups in total. The highest BCUT2D eigenvalue weighted by molar-refractivity contribution is 6.04. The van der Waals surface area contributed by atoms with Crippen LogP contribution >= 0.6 is 0 Å². The number of fused-ring (bicyclic) bond motifs is 1. The van der Waals surface area contributed by atoms with Crippen molar-refractivity contribution in [3.63, 3.8) is 0 Å². The number of nitrogens with zero attached hydrogens (tertiary/aromatic N) is 1. The molecule has 0 aliphatic carbocycles. The fourth-order valence-electron chi connectivity index (χ4n) is 3.21. The lowest BCUT2D eigenvalue weighted by molar-refractivity contribution is 0.279. The summed E-state index contributed by atoms with van der Waals surface area (Å²) in [5.41, 5.74) is 4.18. The van der Waals surface area contributed by atoms with Gasteiger partial charge in [0.05, 0.1) is 12.8 Å². The Morgan fingerprint density at radius 3 is 2.66 bits per heavy atom. The predicted octanol–water partition coefficient (Wildman–Crippen LogP) is 5.89. The molecule has 0 saturated heterocycles. The smallest absolute Gasteiger partial charge is 0.168 e. The summed E-state index contributed by atoms with van der Waals surface area (Å²) in [5, 5.41) is 0. The largest absolute Gasteiger partial charge is 0.493 e. The minimum absolute atomic E-state index is 0.0420. The fourth-order valence-corrected chi connectivity index (χ4v) is 3.21. The molecule has 3 aromatic rings. The first-order chi connectivity index (χ1) is 14.1. The van der Waals surface area contributed by atoms with E-state index in [1.807, 2.05) is 42.5 Å². The number of methoxy groups -OCH3 is 1. The summed E-state index contributed by atoms with van der Waals surface area (Å²) in [6, 6.07) is 17.0. The summed E-state index contributed by atoms with van der Waals surface area (Å²) < 4.78 is 38.3. The number of para-hydroxylation sites is 2. The molecule has 1 aliphatic rings. The minimum Gasteiger partial charge on any atom is -0.493 e. The van der Waals surface area contributed by atoms with Gasteiger partial charge in [-0.3, -0.25) is 4.99 Å². The molecular formula is C24H19F2NO2. The molecule has 0 bridgehead atoms. The molecule has 0 saturated carbocycles. The van der Waals surface area contributed by atoms with Crippen molar-refractivity contribution in [1.82, 2.24) is 0 Å². The van der Waals surface area contributed by atoms with Crippen molar-refractivity contribution in [3.05, 3.63) is 95.1 Å². The van der Waals surface area contributed by atoms with Crippen molar-refractivity contribution in [2.45, 2.75) is 13.0 Å². The molecule has 0 atom stereocenters. The molecule has 1 heterocycles. The molecule has 0 aromatic heterocycles. The Morgan fingerprint density at radius 1 is 1.00 bits per heavy atom. The van der Waals surface area contributed by atoms with E-state index in [9.17, 15) is 8.78 Å². The zero-order valence-electron chi connectivity index (χ0n) is 15.9. The van der Waals surface area contributed by atoms with E-state index in [1.54, 1.807) is 13.2 Å². The first kappa shape index (κ1) is 18.9. The average Bonchev–Trinajstić information content (AvgIpc) is 3.15. The van der Waals surface area contributed by atoms with Gasteiger partial charge >= 0.3 is 0 Å². The Kier molecular flexibility index (Phi) is 5.38. The maximum atomic E-state index is 13.9. The van der Waals surface area contributed by atoms with Crippen LogP contribution in [-0.2, 0) is 13.0 Å². The Balaban J connectivity index is 1.56. The molecule has 3 nitrogen and oxygen atoms in total. The van der Waals surface area contributed by atoms with Crippen LogP contribution in [0.25, 0.3) is 6.08 Å². The molecule has 0 amide bonds. The molecule has 3 aromatic carbocycles. The summed E-state index contributed by atoms with van der Waals surface area (Å²) in [7, 11) is 1.55. The van der Waals surface area contributed by atoms with Gasteiger partial charge in [0.2, 0.25) is 0 Å². The first-order valence-corrected chi connectivity index (χ1v) is 9.21. The topological polar surface area (TPSA) is 30.8 Å². The van der Waals surface area contributed by atoms with Crippen molar-refractivity contribution in [2.24, 2.45) is 4.99 Å². The van der Waals surface area contributed by atoms with Crippen LogP contribution in [0.5, 0.6) is 11.5 Å². The summed E-state index contributed by atoms with van der Waals surface area (Å²) in [6.07, 6.45) is 4.62. The van der Waals surface area contributed by atoms with Gasteiger partial charge in [-0.1, -0.05) is 30.3 Å². The van der Waals surface area contributed by atoms with E-state index in [0.29, 0.717) is 11.5 Å². The molecule has 0 radical (unpaired) electrons. The summed E-state index contributed by atoms with van der Waals surface area (Å²) in [6.45, 7) is -0.0420. The molecule has 1 aliphatic heterocycles. The van der Waals surface area contributed by atoms with Crippen molar-refractivity contribution in [3.8, 4) is 11.5 Å². The number of rotatable bonds is 6. The van der Waals surface area contributed by atoms with E-state index in [1.165, 1.54) is 17.7 Å². The molecule has 5 heteroatoms. The van der Waals surface area contributed by atoms with E-state index in [4.69, 9.17) is 9.47 Å². The van der Waals surface area contributed by atoms with Gasteiger partial charge in [0.25, 0.3) is 0 Å². The van der Waals surface area contributed by atoms with Crippen LogP contribution in [0.15, 0.2) is 71.7 Å². The highest BCUT2D eigenvalue weighted by Crippen LogP contribution is 2.33. The normalized spacial score (nSPS) is 12.7. The number of halogens is 2. The van der Waals surface area contributed by atoms with Gasteiger partial charge in [-0.2, -0.15) is 0 Å². The van der Waals surface area contributed by atoms with Crippen LogP contribution in [0.1, 0.15) is 16.7 Å². The Bertz CT molecular complexity index is 1110. The lowest BCUT2D eigenvalue weighted by Gasteiger charge is -2.14. The van der Waals surface area contributed by atoms with Crippen molar-refractivity contribution in [1.29, 1.82) is 0 Å². The second kappa shape index (κ2) is 8.27. The van der Waals surface area contributed by atoms with Crippen LogP contribution in [0.3, 0.4) is 0 Å². The lowest BCUT2D eigenvalue weighted by Crippen LogP contribution is -2.02. The van der Waals surface area contributed by atoms with Crippen LogP contribution in [0, 0.1) is 11.6 Å². The number of benzene rings is 3. The predicted molar refractivity (Wildman–Crippen MR) is 110 cm³/mol. The van der Waals surface area contributed by atoms with Gasteiger partial charge in [-0.15, -0.1) is 0 Å². The molecule has 0 spiro atoms. The quantitative estimate of drug-likeness (QED) is 0.524. The van der Waals surface area contributed by atoms with Gasteiger partial charge in [0.1, 0.15) is 18.2 Å². The Labute approximate surface area is 167 Å². The summed E-state index contributed by atoms with van der Waals surface area (Å²) in [4.78, 5) is 4.63. The van der Waals surface area contributed by atoms with Gasteiger partial charge in [0.15, 0.2) is 11.5 Å². The van der Waals surface area contributed by atoms with Gasteiger partial charge in [-0.05, 0) is 42.0 Å².